The summed E-state index contributed by atoms with van der Waals surface area (Å²) < 4.78 is 5.07. The molecule has 4 rings (SSSR count). The third-order valence-corrected chi connectivity index (χ3v) is 5.81. The lowest BCUT2D eigenvalue weighted by atomic mass is 9.98. The van der Waals surface area contributed by atoms with E-state index in [0.717, 1.165) is 31.6 Å². The molecule has 1 N–H and O–H groups in total. The van der Waals surface area contributed by atoms with Crippen molar-refractivity contribution >= 4 is 5.69 Å². The molecular formula is C21H25N3O4. The van der Waals surface area contributed by atoms with Gasteiger partial charge in [0.05, 0.1) is 18.1 Å². The number of aliphatic hydroxyl groups excluding tert-OH is 1. The number of ether oxygens (including phenoxy) is 1. The Hall–Kier alpha value is -2.48. The third kappa shape index (κ3) is 3.73. The maximum atomic E-state index is 11.2. The summed E-state index contributed by atoms with van der Waals surface area (Å²) in [6.45, 7) is 3.70. The average molecular weight is 383 g/mol. The highest BCUT2D eigenvalue weighted by molar-refractivity contribution is 5.48. The lowest BCUT2D eigenvalue weighted by molar-refractivity contribution is -0.385. The first-order valence-corrected chi connectivity index (χ1v) is 9.57. The number of methoxy groups -OCH3 is 1. The normalized spacial score (nSPS) is 22.8. The van der Waals surface area contributed by atoms with Crippen LogP contribution in [0.1, 0.15) is 16.7 Å². The van der Waals surface area contributed by atoms with E-state index in [1.165, 1.54) is 18.2 Å². The van der Waals surface area contributed by atoms with E-state index < -0.39 is 11.0 Å². The molecule has 2 aliphatic rings. The Morgan fingerprint density at radius 3 is 2.75 bits per heavy atom. The molecule has 0 aromatic heterocycles. The number of hydrogen-bond donors (Lipinski definition) is 1. The molecule has 0 spiro atoms. The van der Waals surface area contributed by atoms with E-state index in [1.807, 2.05) is 6.07 Å². The van der Waals surface area contributed by atoms with Gasteiger partial charge in [-0.1, -0.05) is 30.3 Å². The minimum absolute atomic E-state index is 0.0241. The van der Waals surface area contributed by atoms with Gasteiger partial charge in [-0.3, -0.25) is 19.9 Å². The van der Waals surface area contributed by atoms with Gasteiger partial charge < -0.3 is 9.84 Å². The fraction of sp³-hybridized carbons (Fsp3) is 0.429. The van der Waals surface area contributed by atoms with Gasteiger partial charge in [-0.05, 0) is 29.2 Å². The summed E-state index contributed by atoms with van der Waals surface area (Å²) in [5.74, 6) is 0.264. The standard InChI is InChI=1S/C21H25N3O4/c1-28-21-7-6-15(10-18(21)24(26)27)11-22-13-19(20(25)14-22)23-9-8-16-4-2-3-5-17(16)12-23/h2-7,10,19-20,25H,8-9,11-14H2,1H3. The fourth-order valence-electron chi connectivity index (χ4n) is 4.37. The predicted molar refractivity (Wildman–Crippen MR) is 105 cm³/mol. The average Bonchev–Trinajstić information content (AvgIpc) is 3.07. The van der Waals surface area contributed by atoms with Gasteiger partial charge in [0.1, 0.15) is 0 Å². The Morgan fingerprint density at radius 2 is 2.00 bits per heavy atom. The molecule has 148 valence electrons. The summed E-state index contributed by atoms with van der Waals surface area (Å²) in [6, 6.07) is 13.6. The molecule has 2 atom stereocenters. The summed E-state index contributed by atoms with van der Waals surface area (Å²) >= 11 is 0. The second kappa shape index (κ2) is 7.87. The first-order valence-electron chi connectivity index (χ1n) is 9.57. The van der Waals surface area contributed by atoms with Crippen molar-refractivity contribution in [2.24, 2.45) is 0 Å². The van der Waals surface area contributed by atoms with Gasteiger partial charge in [0.15, 0.2) is 5.75 Å². The number of benzene rings is 2. The van der Waals surface area contributed by atoms with Crippen LogP contribution >= 0.6 is 0 Å². The van der Waals surface area contributed by atoms with Gasteiger partial charge in [0.25, 0.3) is 0 Å². The molecule has 2 unspecified atom stereocenters. The highest BCUT2D eigenvalue weighted by atomic mass is 16.6. The quantitative estimate of drug-likeness (QED) is 0.630. The zero-order chi connectivity index (χ0) is 19.7. The van der Waals surface area contributed by atoms with Gasteiger partial charge in [-0.2, -0.15) is 0 Å². The maximum absolute atomic E-state index is 11.2. The minimum atomic E-state index is -0.421. The molecule has 2 aromatic rings. The third-order valence-electron chi connectivity index (χ3n) is 5.81. The van der Waals surface area contributed by atoms with Crippen molar-refractivity contribution in [3.05, 3.63) is 69.3 Å². The van der Waals surface area contributed by atoms with E-state index >= 15 is 0 Å². The molecule has 2 aromatic carbocycles. The van der Waals surface area contributed by atoms with Crippen LogP contribution in [-0.2, 0) is 19.5 Å². The fourth-order valence-corrected chi connectivity index (χ4v) is 4.37. The van der Waals surface area contributed by atoms with E-state index in [9.17, 15) is 15.2 Å². The number of fused-ring (bicyclic) bond motifs is 1. The van der Waals surface area contributed by atoms with Gasteiger partial charge >= 0.3 is 5.69 Å². The number of nitro benzene ring substituents is 1. The van der Waals surface area contributed by atoms with E-state index in [2.05, 4.69) is 34.1 Å². The van der Waals surface area contributed by atoms with Crippen LogP contribution in [0, 0.1) is 10.1 Å². The minimum Gasteiger partial charge on any atom is -0.490 e. The van der Waals surface area contributed by atoms with Crippen LogP contribution in [0.15, 0.2) is 42.5 Å². The first kappa shape index (κ1) is 18.9. The Bertz CT molecular complexity index is 872. The Kier molecular flexibility index (Phi) is 5.30. The molecule has 1 saturated heterocycles. The summed E-state index contributed by atoms with van der Waals surface area (Å²) in [5, 5.41) is 21.9. The van der Waals surface area contributed by atoms with Crippen LogP contribution in [0.4, 0.5) is 5.69 Å². The topological polar surface area (TPSA) is 79.1 Å². The van der Waals surface area contributed by atoms with Crippen molar-refractivity contribution in [1.29, 1.82) is 0 Å². The van der Waals surface area contributed by atoms with Crippen LogP contribution in [0.25, 0.3) is 0 Å². The predicted octanol–water partition coefficient (Wildman–Crippen LogP) is 2.21. The summed E-state index contributed by atoms with van der Waals surface area (Å²) in [7, 11) is 1.43. The largest absolute Gasteiger partial charge is 0.490 e. The van der Waals surface area contributed by atoms with Crippen LogP contribution in [-0.4, -0.2) is 58.7 Å². The summed E-state index contributed by atoms with van der Waals surface area (Å²) in [6.07, 6.45) is 0.586. The van der Waals surface area contributed by atoms with Crippen LogP contribution in [0.3, 0.4) is 0 Å². The molecule has 1 fully saturated rings. The molecule has 28 heavy (non-hydrogen) atoms. The monoisotopic (exact) mass is 383 g/mol. The lowest BCUT2D eigenvalue weighted by Gasteiger charge is -2.34. The number of hydrogen-bond acceptors (Lipinski definition) is 6. The van der Waals surface area contributed by atoms with Crippen LogP contribution in [0.2, 0.25) is 0 Å². The highest BCUT2D eigenvalue weighted by Gasteiger charge is 2.36. The van der Waals surface area contributed by atoms with E-state index in [4.69, 9.17) is 4.74 Å². The van der Waals surface area contributed by atoms with E-state index in [1.54, 1.807) is 12.1 Å². The number of nitro groups is 1. The smallest absolute Gasteiger partial charge is 0.311 e. The van der Waals surface area contributed by atoms with Gasteiger partial charge in [-0.25, -0.2) is 0 Å². The van der Waals surface area contributed by atoms with Gasteiger partial charge in [0, 0.05) is 44.8 Å². The van der Waals surface area contributed by atoms with Crippen molar-refractivity contribution in [2.75, 3.05) is 26.7 Å². The van der Waals surface area contributed by atoms with E-state index in [0.29, 0.717) is 13.1 Å². The molecule has 7 nitrogen and oxygen atoms in total. The van der Waals surface area contributed by atoms with E-state index in [-0.39, 0.29) is 17.5 Å². The molecule has 0 aliphatic carbocycles. The molecular weight excluding hydrogens is 358 g/mol. The van der Waals surface area contributed by atoms with Crippen molar-refractivity contribution in [3.8, 4) is 5.75 Å². The second-order valence-corrected chi connectivity index (χ2v) is 7.58. The molecule has 2 heterocycles. The lowest BCUT2D eigenvalue weighted by Crippen LogP contribution is -2.45. The second-order valence-electron chi connectivity index (χ2n) is 7.58. The number of rotatable bonds is 5. The van der Waals surface area contributed by atoms with Crippen LogP contribution in [0.5, 0.6) is 5.75 Å². The molecule has 2 aliphatic heterocycles. The number of likely N-dealkylation sites (tertiary alicyclic amines) is 1. The highest BCUT2D eigenvalue weighted by Crippen LogP contribution is 2.29. The molecule has 0 saturated carbocycles. The SMILES string of the molecule is COc1ccc(CN2CC(O)C(N3CCc4ccccc4C3)C2)cc1[N+](=O)[O-]. The zero-order valence-electron chi connectivity index (χ0n) is 16.0. The van der Waals surface area contributed by atoms with Gasteiger partial charge in [0.2, 0.25) is 0 Å². The molecule has 7 heteroatoms. The number of β-amino-alcohol motifs (C(OH)–C–C–N with tert-alkyl or cyclic N) is 1. The van der Waals surface area contributed by atoms with Crippen molar-refractivity contribution in [3.63, 3.8) is 0 Å². The van der Waals surface area contributed by atoms with Crippen molar-refractivity contribution in [1.82, 2.24) is 9.80 Å². The first-order chi connectivity index (χ1) is 13.5. The number of aliphatic hydroxyl groups is 1. The Balaban J connectivity index is 1.44. The Labute approximate surface area is 164 Å². The van der Waals surface area contributed by atoms with Crippen LogP contribution < -0.4 is 4.74 Å². The summed E-state index contributed by atoms with van der Waals surface area (Å²) in [4.78, 5) is 15.4. The van der Waals surface area contributed by atoms with Crippen molar-refractivity contribution < 1.29 is 14.8 Å². The van der Waals surface area contributed by atoms with Gasteiger partial charge in [-0.15, -0.1) is 0 Å². The van der Waals surface area contributed by atoms with Crippen molar-refractivity contribution in [2.45, 2.75) is 31.7 Å². The molecule has 0 amide bonds. The Morgan fingerprint density at radius 1 is 1.21 bits per heavy atom. The molecule has 0 bridgehead atoms. The zero-order valence-corrected chi connectivity index (χ0v) is 16.0. The molecule has 0 radical (unpaired) electrons. The summed E-state index contributed by atoms with van der Waals surface area (Å²) in [5.41, 5.74) is 3.56. The maximum Gasteiger partial charge on any atom is 0.311 e. The number of nitrogens with zero attached hydrogens (tertiary/aromatic N) is 3.